The maximum Gasteiger partial charge on any atom is 0.442 e. The normalized spacial score (nSPS) is 17.5. The zero-order valence-corrected chi connectivity index (χ0v) is 20.8. The van der Waals surface area contributed by atoms with E-state index in [1.165, 1.54) is 18.2 Å². The predicted molar refractivity (Wildman–Crippen MR) is 138 cm³/mol. The number of aromatic nitrogens is 1. The Morgan fingerprint density at radius 1 is 1.05 bits per heavy atom. The van der Waals surface area contributed by atoms with E-state index >= 15 is 0 Å². The molecule has 1 amide bonds. The monoisotopic (exact) mass is 538 g/mol. The number of esters is 1. The van der Waals surface area contributed by atoms with Gasteiger partial charge in [0.05, 0.1) is 28.9 Å². The Morgan fingerprint density at radius 3 is 2.39 bits per heavy atom. The van der Waals surface area contributed by atoms with Crippen LogP contribution in [0.15, 0.2) is 83.9 Å². The van der Waals surface area contributed by atoms with Gasteiger partial charge in [-0.05, 0) is 30.7 Å². The van der Waals surface area contributed by atoms with E-state index in [1.807, 2.05) is 0 Å². The fourth-order valence-corrected chi connectivity index (χ4v) is 5.05. The first-order chi connectivity index (χ1) is 18.2. The number of alkyl halides is 3. The molecule has 1 aliphatic rings. The summed E-state index contributed by atoms with van der Waals surface area (Å²) in [6, 6.07) is 21.5. The van der Waals surface area contributed by atoms with Crippen LogP contribution in [-0.2, 0) is 16.1 Å². The standard InChI is InChI=1S/C27H21F3N4O3S/c1-2-37-23(35)19-13-14-20-21(15-19)38-25(31-20)33-26(27(28,29)30)24(36)34(16-17-9-5-3-6-10-17)22(32-26)18-11-7-4-8-12-18/h3-15H,2,16H2,1H3,(H,31,33)/t26-/m0/s1. The van der Waals surface area contributed by atoms with Gasteiger partial charge in [-0.1, -0.05) is 72.0 Å². The van der Waals surface area contributed by atoms with E-state index in [-0.39, 0.29) is 29.7 Å². The fourth-order valence-electron chi connectivity index (χ4n) is 4.09. The second-order valence-electron chi connectivity index (χ2n) is 8.43. The van der Waals surface area contributed by atoms with Crippen LogP contribution in [0.25, 0.3) is 10.2 Å². The summed E-state index contributed by atoms with van der Waals surface area (Å²) in [4.78, 5) is 35.0. The molecule has 1 atom stereocenters. The van der Waals surface area contributed by atoms with Crippen molar-refractivity contribution in [1.82, 2.24) is 9.88 Å². The molecule has 0 saturated heterocycles. The number of nitrogens with zero attached hydrogens (tertiary/aromatic N) is 3. The van der Waals surface area contributed by atoms with Gasteiger partial charge in [0.25, 0.3) is 5.91 Å². The maximum atomic E-state index is 14.8. The summed E-state index contributed by atoms with van der Waals surface area (Å²) in [6.45, 7) is 1.76. The molecule has 0 unspecified atom stereocenters. The Kier molecular flexibility index (Phi) is 6.62. The van der Waals surface area contributed by atoms with Crippen LogP contribution in [0, 0.1) is 0 Å². The number of fused-ring (bicyclic) bond motifs is 1. The van der Waals surface area contributed by atoms with Crippen molar-refractivity contribution >= 4 is 44.4 Å². The number of carbonyl (C=O) groups is 2. The molecule has 1 aromatic heterocycles. The molecule has 5 rings (SSSR count). The van der Waals surface area contributed by atoms with E-state index in [1.54, 1.807) is 67.6 Å². The minimum absolute atomic E-state index is 0.102. The number of benzene rings is 3. The quantitative estimate of drug-likeness (QED) is 0.308. The van der Waals surface area contributed by atoms with Crippen molar-refractivity contribution in [2.45, 2.75) is 25.3 Å². The van der Waals surface area contributed by atoms with Gasteiger partial charge in [0.15, 0.2) is 5.13 Å². The van der Waals surface area contributed by atoms with Crippen LogP contribution in [0.1, 0.15) is 28.4 Å². The summed E-state index contributed by atoms with van der Waals surface area (Å²) < 4.78 is 49.7. The second-order valence-corrected chi connectivity index (χ2v) is 9.46. The van der Waals surface area contributed by atoms with Gasteiger partial charge in [0.2, 0.25) is 0 Å². The van der Waals surface area contributed by atoms with Crippen LogP contribution in [0.3, 0.4) is 0 Å². The number of aliphatic imine (C=N–C) groups is 1. The Bertz CT molecular complexity index is 1520. The van der Waals surface area contributed by atoms with Gasteiger partial charge in [0.1, 0.15) is 5.84 Å². The lowest BCUT2D eigenvalue weighted by Gasteiger charge is -2.29. The minimum atomic E-state index is -5.09. The average molecular weight is 539 g/mol. The molecule has 0 saturated carbocycles. The number of amides is 1. The van der Waals surface area contributed by atoms with Gasteiger partial charge in [-0.3, -0.25) is 9.69 Å². The van der Waals surface area contributed by atoms with Gasteiger partial charge < -0.3 is 10.1 Å². The summed E-state index contributed by atoms with van der Waals surface area (Å²) in [7, 11) is 0. The summed E-state index contributed by atoms with van der Waals surface area (Å²) >= 11 is 0.883. The molecule has 0 fully saturated rings. The summed E-state index contributed by atoms with van der Waals surface area (Å²) in [5, 5.41) is 2.15. The highest BCUT2D eigenvalue weighted by Gasteiger charge is 2.66. The van der Waals surface area contributed by atoms with Crippen molar-refractivity contribution in [1.29, 1.82) is 0 Å². The number of hydrogen-bond donors (Lipinski definition) is 1. The molecular formula is C27H21F3N4O3S. The molecule has 0 bridgehead atoms. The Labute approximate surface area is 219 Å². The Balaban J connectivity index is 1.57. The van der Waals surface area contributed by atoms with Crippen molar-refractivity contribution in [2.24, 2.45) is 4.99 Å². The van der Waals surface area contributed by atoms with Crippen molar-refractivity contribution in [2.75, 3.05) is 11.9 Å². The molecule has 38 heavy (non-hydrogen) atoms. The zero-order chi connectivity index (χ0) is 26.9. The van der Waals surface area contributed by atoms with Gasteiger partial charge in [-0.2, -0.15) is 13.2 Å². The van der Waals surface area contributed by atoms with Crippen LogP contribution >= 0.6 is 11.3 Å². The smallest absolute Gasteiger partial charge is 0.442 e. The van der Waals surface area contributed by atoms with E-state index < -0.39 is 23.7 Å². The number of anilines is 1. The number of amidine groups is 1. The van der Waals surface area contributed by atoms with Crippen molar-refractivity contribution < 1.29 is 27.5 Å². The van der Waals surface area contributed by atoms with Crippen LogP contribution in [-0.4, -0.2) is 46.0 Å². The third-order valence-electron chi connectivity index (χ3n) is 5.90. The summed E-state index contributed by atoms with van der Waals surface area (Å²) in [5.74, 6) is -1.92. The third kappa shape index (κ3) is 4.60. The molecule has 194 valence electrons. The molecular weight excluding hydrogens is 517 g/mol. The van der Waals surface area contributed by atoms with Crippen LogP contribution in [0.4, 0.5) is 18.3 Å². The number of carbonyl (C=O) groups excluding carboxylic acids is 2. The van der Waals surface area contributed by atoms with Crippen molar-refractivity contribution in [3.05, 3.63) is 95.6 Å². The second kappa shape index (κ2) is 9.90. The fraction of sp³-hybridized carbons (Fsp3) is 0.185. The van der Waals surface area contributed by atoms with Crippen LogP contribution in [0.2, 0.25) is 0 Å². The van der Waals surface area contributed by atoms with Gasteiger partial charge >= 0.3 is 17.8 Å². The molecule has 0 spiro atoms. The lowest BCUT2D eigenvalue weighted by molar-refractivity contribution is -0.185. The molecule has 1 aliphatic heterocycles. The van der Waals surface area contributed by atoms with Gasteiger partial charge in [-0.15, -0.1) is 0 Å². The molecule has 11 heteroatoms. The third-order valence-corrected chi connectivity index (χ3v) is 6.83. The SMILES string of the molecule is CCOC(=O)c1ccc2nc(N[C@@]3(C(F)(F)F)N=C(c4ccccc4)N(Cc4ccccc4)C3=O)sc2c1. The predicted octanol–water partition coefficient (Wildman–Crippen LogP) is 5.63. The first-order valence-corrected chi connectivity index (χ1v) is 12.5. The lowest BCUT2D eigenvalue weighted by atomic mass is 10.1. The average Bonchev–Trinajstić information content (AvgIpc) is 3.43. The maximum absolute atomic E-state index is 14.8. The molecule has 1 N–H and O–H groups in total. The Morgan fingerprint density at radius 2 is 1.74 bits per heavy atom. The largest absolute Gasteiger partial charge is 0.462 e. The molecule has 7 nitrogen and oxygen atoms in total. The summed E-state index contributed by atoms with van der Waals surface area (Å²) in [6.07, 6.45) is -5.09. The molecule has 0 radical (unpaired) electrons. The number of ether oxygens (including phenoxy) is 1. The number of hydrogen-bond acceptors (Lipinski definition) is 7. The first-order valence-electron chi connectivity index (χ1n) is 11.7. The van der Waals surface area contributed by atoms with Crippen LogP contribution < -0.4 is 5.32 Å². The van der Waals surface area contributed by atoms with E-state index in [0.717, 1.165) is 16.2 Å². The number of nitrogens with one attached hydrogen (secondary N) is 1. The number of thiazole rings is 1. The lowest BCUT2D eigenvalue weighted by Crippen LogP contribution is -2.57. The minimum Gasteiger partial charge on any atom is -0.462 e. The van der Waals surface area contributed by atoms with E-state index in [4.69, 9.17) is 4.74 Å². The number of rotatable bonds is 7. The highest BCUT2D eigenvalue weighted by Crippen LogP contribution is 2.42. The highest BCUT2D eigenvalue weighted by molar-refractivity contribution is 7.22. The first kappa shape index (κ1) is 25.4. The van der Waals surface area contributed by atoms with E-state index in [9.17, 15) is 22.8 Å². The zero-order valence-electron chi connectivity index (χ0n) is 20.0. The van der Waals surface area contributed by atoms with Gasteiger partial charge in [-0.25, -0.2) is 14.8 Å². The molecule has 2 heterocycles. The number of halogens is 3. The Hall–Kier alpha value is -4.25. The molecule has 3 aromatic carbocycles. The van der Waals surface area contributed by atoms with Crippen molar-refractivity contribution in [3.8, 4) is 0 Å². The van der Waals surface area contributed by atoms with E-state index in [0.29, 0.717) is 21.3 Å². The van der Waals surface area contributed by atoms with Crippen LogP contribution in [0.5, 0.6) is 0 Å². The van der Waals surface area contributed by atoms with Gasteiger partial charge in [0, 0.05) is 5.56 Å². The summed E-state index contributed by atoms with van der Waals surface area (Å²) in [5.41, 5.74) is -1.66. The molecule has 4 aromatic rings. The topological polar surface area (TPSA) is 83.9 Å². The molecule has 0 aliphatic carbocycles. The van der Waals surface area contributed by atoms with Crippen molar-refractivity contribution in [3.63, 3.8) is 0 Å². The highest BCUT2D eigenvalue weighted by atomic mass is 32.1. The van der Waals surface area contributed by atoms with E-state index in [2.05, 4.69) is 15.3 Å².